The average Bonchev–Trinajstić information content (AvgIpc) is 3.06. The van der Waals surface area contributed by atoms with Crippen molar-refractivity contribution in [2.75, 3.05) is 39.3 Å². The van der Waals surface area contributed by atoms with Gasteiger partial charge in [0, 0.05) is 26.2 Å². The molecule has 0 unspecified atom stereocenters. The molecule has 1 heterocycles. The van der Waals surface area contributed by atoms with Crippen LogP contribution in [0.5, 0.6) is 0 Å². The van der Waals surface area contributed by atoms with E-state index < -0.39 is 10.0 Å². The molecule has 1 aliphatic carbocycles. The summed E-state index contributed by atoms with van der Waals surface area (Å²) in [5.74, 6) is 0. The SMILES string of the molecule is O=S(=O)(C1CC1)N1CCCN(CCO)CC1. The van der Waals surface area contributed by atoms with Gasteiger partial charge in [-0.05, 0) is 25.8 Å². The van der Waals surface area contributed by atoms with Crippen molar-refractivity contribution < 1.29 is 13.5 Å². The predicted octanol–water partition coefficient (Wildman–Crippen LogP) is -0.521. The number of nitrogens with zero attached hydrogens (tertiary/aromatic N) is 2. The van der Waals surface area contributed by atoms with Gasteiger partial charge in [-0.25, -0.2) is 12.7 Å². The Kier molecular flexibility index (Phi) is 3.84. The molecular weight excluding hydrogens is 228 g/mol. The first-order valence-electron chi connectivity index (χ1n) is 5.97. The van der Waals surface area contributed by atoms with E-state index in [0.717, 1.165) is 32.4 Å². The smallest absolute Gasteiger partial charge is 0.217 e. The van der Waals surface area contributed by atoms with E-state index in [1.54, 1.807) is 4.31 Å². The number of aliphatic hydroxyl groups excluding tert-OH is 1. The molecule has 1 N–H and O–H groups in total. The molecule has 0 radical (unpaired) electrons. The molecule has 5 nitrogen and oxygen atoms in total. The summed E-state index contributed by atoms with van der Waals surface area (Å²) in [6.07, 6.45) is 2.53. The summed E-state index contributed by atoms with van der Waals surface area (Å²) in [7, 11) is -3.01. The van der Waals surface area contributed by atoms with Crippen molar-refractivity contribution in [2.24, 2.45) is 0 Å². The second-order valence-corrected chi connectivity index (χ2v) is 6.78. The normalized spacial score (nSPS) is 25.6. The first-order chi connectivity index (χ1) is 7.64. The van der Waals surface area contributed by atoms with Gasteiger partial charge in [0.1, 0.15) is 0 Å². The molecule has 94 valence electrons. The third kappa shape index (κ3) is 2.74. The Morgan fingerprint density at radius 2 is 1.88 bits per heavy atom. The van der Waals surface area contributed by atoms with Crippen LogP contribution in [0.1, 0.15) is 19.3 Å². The monoisotopic (exact) mass is 248 g/mol. The fraction of sp³-hybridized carbons (Fsp3) is 1.00. The molecule has 1 saturated carbocycles. The van der Waals surface area contributed by atoms with Gasteiger partial charge >= 0.3 is 0 Å². The second-order valence-electron chi connectivity index (χ2n) is 4.56. The summed E-state index contributed by atoms with van der Waals surface area (Å²) >= 11 is 0. The van der Waals surface area contributed by atoms with Crippen LogP contribution in [0.2, 0.25) is 0 Å². The minimum atomic E-state index is -3.01. The number of β-amino-alcohol motifs (C(OH)–C–C–N with tert-alkyl or cyclic N) is 1. The Morgan fingerprint density at radius 3 is 2.50 bits per heavy atom. The van der Waals surface area contributed by atoms with Gasteiger partial charge in [0.15, 0.2) is 0 Å². The maximum absolute atomic E-state index is 12.0. The van der Waals surface area contributed by atoms with Crippen LogP contribution in [0.4, 0.5) is 0 Å². The zero-order valence-electron chi connectivity index (χ0n) is 9.51. The van der Waals surface area contributed by atoms with Crippen molar-refractivity contribution in [3.63, 3.8) is 0 Å². The fourth-order valence-electron chi connectivity index (χ4n) is 2.14. The van der Waals surface area contributed by atoms with Gasteiger partial charge in [0.2, 0.25) is 10.0 Å². The Bertz CT molecular complexity index is 327. The van der Waals surface area contributed by atoms with Crippen molar-refractivity contribution >= 4 is 10.0 Å². The maximum Gasteiger partial charge on any atom is 0.217 e. The summed E-state index contributed by atoms with van der Waals surface area (Å²) in [4.78, 5) is 2.13. The van der Waals surface area contributed by atoms with Gasteiger partial charge in [0.25, 0.3) is 0 Å². The van der Waals surface area contributed by atoms with E-state index >= 15 is 0 Å². The molecule has 2 rings (SSSR count). The highest BCUT2D eigenvalue weighted by Gasteiger charge is 2.40. The highest BCUT2D eigenvalue weighted by molar-refractivity contribution is 7.90. The van der Waals surface area contributed by atoms with Crippen LogP contribution in [-0.2, 0) is 10.0 Å². The van der Waals surface area contributed by atoms with Gasteiger partial charge in [-0.3, -0.25) is 4.90 Å². The summed E-state index contributed by atoms with van der Waals surface area (Å²) < 4.78 is 25.7. The summed E-state index contributed by atoms with van der Waals surface area (Å²) in [6.45, 7) is 3.65. The van der Waals surface area contributed by atoms with E-state index in [1.807, 2.05) is 0 Å². The van der Waals surface area contributed by atoms with Crippen LogP contribution >= 0.6 is 0 Å². The number of sulfonamides is 1. The fourth-order valence-corrected chi connectivity index (χ4v) is 4.02. The molecule has 0 aromatic heterocycles. The molecule has 0 bridgehead atoms. The van der Waals surface area contributed by atoms with Crippen LogP contribution in [-0.4, -0.2) is 67.3 Å². The number of hydrogen-bond acceptors (Lipinski definition) is 4. The predicted molar refractivity (Wildman–Crippen MR) is 61.7 cm³/mol. The second kappa shape index (κ2) is 5.00. The van der Waals surface area contributed by atoms with E-state index in [4.69, 9.17) is 5.11 Å². The van der Waals surface area contributed by atoms with Crippen LogP contribution in [0, 0.1) is 0 Å². The molecular formula is C10H20N2O3S. The lowest BCUT2D eigenvalue weighted by Crippen LogP contribution is -2.37. The van der Waals surface area contributed by atoms with E-state index in [1.165, 1.54) is 0 Å². The van der Waals surface area contributed by atoms with Gasteiger partial charge in [-0.15, -0.1) is 0 Å². The van der Waals surface area contributed by atoms with E-state index in [0.29, 0.717) is 19.6 Å². The highest BCUT2D eigenvalue weighted by Crippen LogP contribution is 2.31. The van der Waals surface area contributed by atoms with E-state index in [-0.39, 0.29) is 11.9 Å². The van der Waals surface area contributed by atoms with E-state index in [2.05, 4.69) is 4.90 Å². The third-order valence-electron chi connectivity index (χ3n) is 3.27. The molecule has 0 aromatic carbocycles. The molecule has 2 fully saturated rings. The minimum Gasteiger partial charge on any atom is -0.395 e. The Balaban J connectivity index is 1.93. The van der Waals surface area contributed by atoms with Gasteiger partial charge in [0.05, 0.1) is 11.9 Å². The molecule has 0 spiro atoms. The Morgan fingerprint density at radius 1 is 1.12 bits per heavy atom. The topological polar surface area (TPSA) is 60.9 Å². The lowest BCUT2D eigenvalue weighted by atomic mass is 10.4. The molecule has 0 atom stereocenters. The maximum atomic E-state index is 12.0. The van der Waals surface area contributed by atoms with Crippen LogP contribution in [0.25, 0.3) is 0 Å². The van der Waals surface area contributed by atoms with Gasteiger partial charge < -0.3 is 5.11 Å². The zero-order valence-corrected chi connectivity index (χ0v) is 10.3. The first kappa shape index (κ1) is 12.3. The first-order valence-corrected chi connectivity index (χ1v) is 7.47. The van der Waals surface area contributed by atoms with Crippen LogP contribution < -0.4 is 0 Å². The summed E-state index contributed by atoms with van der Waals surface area (Å²) in [5, 5.41) is 8.76. The van der Waals surface area contributed by atoms with Crippen molar-refractivity contribution in [2.45, 2.75) is 24.5 Å². The standard InChI is InChI=1S/C10H20N2O3S/c13-9-8-11-4-1-5-12(7-6-11)16(14,15)10-2-3-10/h10,13H,1-9H2. The molecule has 0 amide bonds. The molecule has 1 saturated heterocycles. The Hall–Kier alpha value is -0.170. The van der Waals surface area contributed by atoms with E-state index in [9.17, 15) is 8.42 Å². The highest BCUT2D eigenvalue weighted by atomic mass is 32.2. The van der Waals surface area contributed by atoms with Crippen molar-refractivity contribution in [1.82, 2.24) is 9.21 Å². The van der Waals surface area contributed by atoms with Gasteiger partial charge in [-0.1, -0.05) is 0 Å². The van der Waals surface area contributed by atoms with Gasteiger partial charge in [-0.2, -0.15) is 0 Å². The van der Waals surface area contributed by atoms with Crippen molar-refractivity contribution in [3.05, 3.63) is 0 Å². The quantitative estimate of drug-likeness (QED) is 0.727. The molecule has 1 aliphatic heterocycles. The Labute approximate surface area is 97.1 Å². The lowest BCUT2D eigenvalue weighted by Gasteiger charge is -2.20. The third-order valence-corrected chi connectivity index (χ3v) is 5.67. The van der Waals surface area contributed by atoms with Crippen molar-refractivity contribution in [1.29, 1.82) is 0 Å². The van der Waals surface area contributed by atoms with Crippen LogP contribution in [0.15, 0.2) is 0 Å². The molecule has 6 heteroatoms. The number of aliphatic hydroxyl groups is 1. The number of rotatable bonds is 4. The largest absolute Gasteiger partial charge is 0.395 e. The molecule has 2 aliphatic rings. The molecule has 16 heavy (non-hydrogen) atoms. The average molecular weight is 248 g/mol. The molecule has 0 aromatic rings. The van der Waals surface area contributed by atoms with Crippen LogP contribution in [0.3, 0.4) is 0 Å². The zero-order chi connectivity index (χ0) is 11.6. The summed E-state index contributed by atoms with van der Waals surface area (Å²) in [6, 6.07) is 0. The van der Waals surface area contributed by atoms with Crippen molar-refractivity contribution in [3.8, 4) is 0 Å². The minimum absolute atomic E-state index is 0.100. The lowest BCUT2D eigenvalue weighted by molar-refractivity contribution is 0.202. The summed E-state index contributed by atoms with van der Waals surface area (Å²) in [5.41, 5.74) is 0. The number of hydrogen-bond donors (Lipinski definition) is 1.